The van der Waals surface area contributed by atoms with E-state index >= 15 is 0 Å². The Balaban J connectivity index is 1.90. The predicted octanol–water partition coefficient (Wildman–Crippen LogP) is 4.53. The Labute approximate surface area is 155 Å². The Morgan fingerprint density at radius 2 is 1.85 bits per heavy atom. The van der Waals surface area contributed by atoms with Crippen molar-refractivity contribution in [3.63, 3.8) is 0 Å². The van der Waals surface area contributed by atoms with Crippen LogP contribution in [0.1, 0.15) is 33.3 Å². The quantitative estimate of drug-likeness (QED) is 0.746. The fourth-order valence-electron chi connectivity index (χ4n) is 2.42. The molecule has 5 nitrogen and oxygen atoms in total. The van der Waals surface area contributed by atoms with E-state index in [1.807, 2.05) is 18.2 Å². The standard InChI is InChI=1S/C21H27NO4/c1-5-15-7-6-8-16(13-15)17-9-10-19(18(23)14-17)25-12-11-22-20(24)26-21(2,3)4/h6-10,13-14,23H,5,11-12H2,1-4H3,(H,22,24). The molecule has 0 aliphatic heterocycles. The van der Waals surface area contributed by atoms with Gasteiger partial charge in [-0.3, -0.25) is 0 Å². The zero-order chi connectivity index (χ0) is 19.2. The molecule has 2 N–H and O–H groups in total. The number of alkyl carbamates (subject to hydrolysis) is 1. The lowest BCUT2D eigenvalue weighted by atomic mass is 10.0. The fraction of sp³-hybridized carbons (Fsp3) is 0.381. The molecule has 2 aromatic carbocycles. The van der Waals surface area contributed by atoms with E-state index in [9.17, 15) is 9.90 Å². The smallest absolute Gasteiger partial charge is 0.407 e. The number of hydrogen-bond donors (Lipinski definition) is 2. The summed E-state index contributed by atoms with van der Waals surface area (Å²) in [5, 5.41) is 12.8. The number of carbonyl (C=O) groups is 1. The van der Waals surface area contributed by atoms with Crippen LogP contribution in [-0.4, -0.2) is 30.0 Å². The van der Waals surface area contributed by atoms with E-state index in [2.05, 4.69) is 24.4 Å². The number of carbonyl (C=O) groups excluding carboxylic acids is 1. The molecule has 0 saturated heterocycles. The second-order valence-electron chi connectivity index (χ2n) is 7.01. The molecular weight excluding hydrogens is 330 g/mol. The van der Waals surface area contributed by atoms with Gasteiger partial charge in [0.25, 0.3) is 0 Å². The molecule has 140 valence electrons. The van der Waals surface area contributed by atoms with Crippen molar-refractivity contribution in [1.29, 1.82) is 0 Å². The Morgan fingerprint density at radius 1 is 1.12 bits per heavy atom. The molecule has 0 fully saturated rings. The van der Waals surface area contributed by atoms with Crippen molar-refractivity contribution < 1.29 is 19.4 Å². The van der Waals surface area contributed by atoms with Crippen molar-refractivity contribution >= 4 is 6.09 Å². The topological polar surface area (TPSA) is 67.8 Å². The molecule has 0 saturated carbocycles. The van der Waals surface area contributed by atoms with Crippen LogP contribution in [0.5, 0.6) is 11.5 Å². The molecule has 2 aromatic rings. The number of amides is 1. The Kier molecular flexibility index (Phi) is 6.50. The zero-order valence-corrected chi connectivity index (χ0v) is 15.8. The Morgan fingerprint density at radius 3 is 2.50 bits per heavy atom. The lowest BCUT2D eigenvalue weighted by Gasteiger charge is -2.19. The van der Waals surface area contributed by atoms with E-state index < -0.39 is 11.7 Å². The van der Waals surface area contributed by atoms with Crippen LogP contribution in [0.4, 0.5) is 4.79 Å². The molecule has 5 heteroatoms. The van der Waals surface area contributed by atoms with Gasteiger partial charge >= 0.3 is 6.09 Å². The molecular formula is C21H27NO4. The maximum atomic E-state index is 11.6. The van der Waals surface area contributed by atoms with E-state index in [0.29, 0.717) is 5.75 Å². The molecule has 0 aromatic heterocycles. The van der Waals surface area contributed by atoms with Crippen LogP contribution >= 0.6 is 0 Å². The molecule has 0 aliphatic rings. The number of rotatable bonds is 6. The van der Waals surface area contributed by atoms with Crippen molar-refractivity contribution in [2.45, 2.75) is 39.7 Å². The molecule has 0 heterocycles. The van der Waals surface area contributed by atoms with Crippen LogP contribution in [0.15, 0.2) is 42.5 Å². The summed E-state index contributed by atoms with van der Waals surface area (Å²) in [5.74, 6) is 0.452. The SMILES string of the molecule is CCc1cccc(-c2ccc(OCCNC(=O)OC(C)(C)C)c(O)c2)c1. The van der Waals surface area contributed by atoms with E-state index in [4.69, 9.17) is 9.47 Å². The van der Waals surface area contributed by atoms with Crippen molar-refractivity contribution in [2.24, 2.45) is 0 Å². The first-order chi connectivity index (χ1) is 12.3. The van der Waals surface area contributed by atoms with E-state index in [-0.39, 0.29) is 18.9 Å². The third-order valence-corrected chi connectivity index (χ3v) is 3.66. The van der Waals surface area contributed by atoms with Gasteiger partial charge in [0.1, 0.15) is 12.2 Å². The van der Waals surface area contributed by atoms with Crippen molar-refractivity contribution in [3.8, 4) is 22.6 Å². The number of phenols is 1. The molecule has 2 rings (SSSR count). The number of phenolic OH excluding ortho intramolecular Hbond substituents is 1. The molecule has 0 radical (unpaired) electrons. The van der Waals surface area contributed by atoms with Crippen molar-refractivity contribution in [1.82, 2.24) is 5.32 Å². The Bertz CT molecular complexity index is 750. The molecule has 0 atom stereocenters. The summed E-state index contributed by atoms with van der Waals surface area (Å²) in [6.07, 6.45) is 0.475. The van der Waals surface area contributed by atoms with E-state index in [0.717, 1.165) is 17.5 Å². The second kappa shape index (κ2) is 8.61. The van der Waals surface area contributed by atoms with Gasteiger partial charge in [0.05, 0.1) is 6.54 Å². The lowest BCUT2D eigenvalue weighted by Crippen LogP contribution is -2.34. The highest BCUT2D eigenvalue weighted by molar-refractivity contribution is 5.68. The van der Waals surface area contributed by atoms with Gasteiger partial charge < -0.3 is 19.9 Å². The van der Waals surface area contributed by atoms with Gasteiger partial charge in [-0.1, -0.05) is 37.3 Å². The van der Waals surface area contributed by atoms with Crippen molar-refractivity contribution in [3.05, 3.63) is 48.0 Å². The minimum Gasteiger partial charge on any atom is -0.504 e. The maximum absolute atomic E-state index is 11.6. The van der Waals surface area contributed by atoms with Gasteiger partial charge in [-0.15, -0.1) is 0 Å². The third-order valence-electron chi connectivity index (χ3n) is 3.66. The first-order valence-corrected chi connectivity index (χ1v) is 8.80. The normalized spacial score (nSPS) is 11.1. The summed E-state index contributed by atoms with van der Waals surface area (Å²) in [4.78, 5) is 11.6. The van der Waals surface area contributed by atoms with Gasteiger partial charge in [-0.2, -0.15) is 0 Å². The van der Waals surface area contributed by atoms with Crippen LogP contribution in [0.3, 0.4) is 0 Å². The van der Waals surface area contributed by atoms with Gasteiger partial charge in [0.15, 0.2) is 11.5 Å². The van der Waals surface area contributed by atoms with E-state index in [1.54, 1.807) is 32.9 Å². The average Bonchev–Trinajstić information content (AvgIpc) is 2.58. The number of nitrogens with one attached hydrogen (secondary N) is 1. The molecule has 0 bridgehead atoms. The summed E-state index contributed by atoms with van der Waals surface area (Å²) in [6.45, 7) is 8.04. The van der Waals surface area contributed by atoms with Gasteiger partial charge in [-0.25, -0.2) is 4.79 Å². The predicted molar refractivity (Wildman–Crippen MR) is 103 cm³/mol. The number of aryl methyl sites for hydroxylation is 1. The Hall–Kier alpha value is -2.69. The van der Waals surface area contributed by atoms with E-state index in [1.165, 1.54) is 5.56 Å². The summed E-state index contributed by atoms with van der Waals surface area (Å²) >= 11 is 0. The minimum atomic E-state index is -0.534. The lowest BCUT2D eigenvalue weighted by molar-refractivity contribution is 0.0520. The van der Waals surface area contributed by atoms with Gasteiger partial charge in [0, 0.05) is 0 Å². The maximum Gasteiger partial charge on any atom is 0.407 e. The van der Waals surface area contributed by atoms with Gasteiger partial charge in [0.2, 0.25) is 0 Å². The summed E-state index contributed by atoms with van der Waals surface area (Å²) in [5.41, 5.74) is 2.69. The highest BCUT2D eigenvalue weighted by Crippen LogP contribution is 2.31. The van der Waals surface area contributed by atoms with Crippen LogP contribution in [-0.2, 0) is 11.2 Å². The number of benzene rings is 2. The van der Waals surface area contributed by atoms with Gasteiger partial charge in [-0.05, 0) is 56.0 Å². The average molecular weight is 357 g/mol. The third kappa shape index (κ3) is 5.99. The number of hydrogen-bond acceptors (Lipinski definition) is 4. The van der Waals surface area contributed by atoms with Crippen LogP contribution in [0, 0.1) is 0 Å². The zero-order valence-electron chi connectivity index (χ0n) is 15.8. The molecule has 26 heavy (non-hydrogen) atoms. The van der Waals surface area contributed by atoms with Crippen molar-refractivity contribution in [2.75, 3.05) is 13.2 Å². The number of ether oxygens (including phenoxy) is 2. The largest absolute Gasteiger partial charge is 0.504 e. The molecule has 0 unspecified atom stereocenters. The number of aromatic hydroxyl groups is 1. The summed E-state index contributed by atoms with van der Waals surface area (Å²) < 4.78 is 10.7. The monoisotopic (exact) mass is 357 g/mol. The second-order valence-corrected chi connectivity index (χ2v) is 7.01. The molecule has 1 amide bonds. The highest BCUT2D eigenvalue weighted by Gasteiger charge is 2.15. The van der Waals surface area contributed by atoms with Crippen LogP contribution in [0.25, 0.3) is 11.1 Å². The van der Waals surface area contributed by atoms with Crippen LogP contribution in [0.2, 0.25) is 0 Å². The first-order valence-electron chi connectivity index (χ1n) is 8.80. The molecule has 0 aliphatic carbocycles. The summed E-state index contributed by atoms with van der Waals surface area (Å²) in [6, 6.07) is 13.5. The molecule has 0 spiro atoms. The minimum absolute atomic E-state index is 0.0710. The highest BCUT2D eigenvalue weighted by atomic mass is 16.6. The van der Waals surface area contributed by atoms with Crippen LogP contribution < -0.4 is 10.1 Å². The fourth-order valence-corrected chi connectivity index (χ4v) is 2.42. The first kappa shape index (κ1) is 19.6. The summed E-state index contributed by atoms with van der Waals surface area (Å²) in [7, 11) is 0.